The zero-order chi connectivity index (χ0) is 59.6. The van der Waals surface area contributed by atoms with Crippen LogP contribution in [-0.4, -0.2) is 206 Å². The minimum atomic E-state index is -1.22. The summed E-state index contributed by atoms with van der Waals surface area (Å²) in [6, 6.07) is -9.74. The molecule has 0 aliphatic heterocycles. The topological polar surface area (TPSA) is 541 Å². The quantitative estimate of drug-likeness (QED) is 0.0158. The highest BCUT2D eigenvalue weighted by atomic mass is 32.2. The number of carbonyl (C=O) groups excluding carboxylic acids is 6. The maximum Gasteiger partial charge on any atom is 0.326 e. The lowest BCUT2D eigenvalue weighted by molar-refractivity contribution is -0.142. The van der Waals surface area contributed by atoms with Gasteiger partial charge in [-0.1, -0.05) is 0 Å². The highest BCUT2D eigenvalue weighted by Crippen LogP contribution is 2.07. The second-order valence-corrected chi connectivity index (χ2v) is 18.5. The first-order valence-electron chi connectivity index (χ1n) is 24.1. The number of nitrogens with zero attached hydrogens (tertiary/aromatic N) is 1. The van der Waals surface area contributed by atoms with E-state index >= 15 is 0 Å². The van der Waals surface area contributed by atoms with Crippen LogP contribution in [0.15, 0.2) is 4.99 Å². The van der Waals surface area contributed by atoms with Crippen molar-refractivity contribution in [2.75, 3.05) is 43.1 Å². The zero-order valence-electron chi connectivity index (χ0n) is 43.0. The number of nitrogens with one attached hydrogen (secondary N) is 6. The van der Waals surface area contributed by atoms with Crippen molar-refractivity contribution in [2.24, 2.45) is 33.7 Å². The number of carboxylic acids is 6. The maximum atomic E-state index is 12.3. The predicted molar refractivity (Wildman–Crippen MR) is 289 cm³/mol. The van der Waals surface area contributed by atoms with E-state index in [1.807, 2.05) is 0 Å². The molecule has 0 aromatic carbocycles. The molecule has 0 aliphatic rings. The van der Waals surface area contributed by atoms with Crippen molar-refractivity contribution in [3.8, 4) is 0 Å². The number of carboxylic acid groups (broad SMARTS) is 6. The van der Waals surface area contributed by atoms with Crippen LogP contribution in [-0.2, 0) is 57.5 Å². The molecule has 0 saturated heterocycles. The standard InChI is InChI=1S/C15H26N4O6S.C15H28N4O6S.C14H26N4O6S/c1-17-7-3-2-4-10(15(24)25)19-13(21)11(8-26)18-12(20)6-5-9(16)14(22)23;1-26-8-11(18-12(20)6-5-9(17)14(22)23)13(21)19-10(15(24)25)4-2-3-7-16;15-6-2-1-3-9(14(23)24)18-12(20)10(7-25)17-11(19)5-4-8(16)13(21)22/h9-11,26H,1-8,16H2,(H,18,20)(H,19,21)(H,22,23)(H,24,25);9-11H,2-8,16-17H2,1H3,(H,18,20)(H,19,21)(H,22,23)(H,24,25);8-10,25H,1-7,15-16H2,(H,17,19)(H,18,20)(H,21,22)(H,23,24). The summed E-state index contributed by atoms with van der Waals surface area (Å²) in [5, 5.41) is 68.0. The molecule has 0 rings (SSSR count). The van der Waals surface area contributed by atoms with Crippen molar-refractivity contribution in [3.63, 3.8) is 0 Å². The number of nitrogens with two attached hydrogens (primary N) is 5. The first-order chi connectivity index (χ1) is 36.2. The summed E-state index contributed by atoms with van der Waals surface area (Å²) in [4.78, 5) is 141. The van der Waals surface area contributed by atoms with Gasteiger partial charge in [-0.05, 0) is 103 Å². The number of hydrogen-bond acceptors (Lipinski definition) is 21. The lowest BCUT2D eigenvalue weighted by Crippen LogP contribution is -2.52. The van der Waals surface area contributed by atoms with E-state index in [9.17, 15) is 67.7 Å². The Hall–Kier alpha value is -5.84. The third-order valence-electron chi connectivity index (χ3n) is 10.4. The third kappa shape index (κ3) is 38.4. The summed E-state index contributed by atoms with van der Waals surface area (Å²) in [6.45, 7) is 4.70. The van der Waals surface area contributed by atoms with Gasteiger partial charge in [-0.3, -0.25) is 43.2 Å². The molecule has 30 nitrogen and oxygen atoms in total. The number of aliphatic carboxylic acids is 6. The molecule has 6 amide bonds. The summed E-state index contributed by atoms with van der Waals surface area (Å²) < 4.78 is 0. The summed E-state index contributed by atoms with van der Waals surface area (Å²) in [6.07, 6.45) is 5.26. The van der Waals surface area contributed by atoms with Gasteiger partial charge in [-0.25, -0.2) is 14.4 Å². The van der Waals surface area contributed by atoms with Crippen molar-refractivity contribution < 1.29 is 88.2 Å². The summed E-state index contributed by atoms with van der Waals surface area (Å²) in [5.41, 5.74) is 26.7. The van der Waals surface area contributed by atoms with Gasteiger partial charge in [0.1, 0.15) is 54.4 Å². The molecule has 0 spiro atoms. The van der Waals surface area contributed by atoms with Crippen LogP contribution in [0.2, 0.25) is 0 Å². The lowest BCUT2D eigenvalue weighted by atomic mass is 10.1. The predicted octanol–water partition coefficient (Wildman–Crippen LogP) is -3.95. The van der Waals surface area contributed by atoms with Gasteiger partial charge >= 0.3 is 35.8 Å². The monoisotopic (exact) mass is 1160 g/mol. The molecule has 0 saturated carbocycles. The molecule has 0 heterocycles. The van der Waals surface area contributed by atoms with Crippen LogP contribution in [0.4, 0.5) is 0 Å². The Morgan fingerprint density at radius 3 is 0.974 bits per heavy atom. The second kappa shape index (κ2) is 45.2. The largest absolute Gasteiger partial charge is 0.480 e. The van der Waals surface area contributed by atoms with Gasteiger partial charge in [0.25, 0.3) is 0 Å². The molecule has 77 heavy (non-hydrogen) atoms. The first-order valence-corrected chi connectivity index (χ1v) is 26.8. The Morgan fingerprint density at radius 1 is 0.442 bits per heavy atom. The Labute approximate surface area is 460 Å². The maximum absolute atomic E-state index is 12.3. The molecule has 9 unspecified atom stereocenters. The highest BCUT2D eigenvalue weighted by Gasteiger charge is 2.29. The van der Waals surface area contributed by atoms with E-state index in [-0.39, 0.29) is 75.0 Å². The summed E-state index contributed by atoms with van der Waals surface area (Å²) in [5.74, 6) is -10.6. The van der Waals surface area contributed by atoms with Crippen LogP contribution in [0.1, 0.15) is 96.3 Å². The van der Waals surface area contributed by atoms with Crippen molar-refractivity contribution in [1.82, 2.24) is 31.9 Å². The number of thiol groups is 2. The number of rotatable bonds is 41. The van der Waals surface area contributed by atoms with Gasteiger partial charge in [0.05, 0.1) is 0 Å². The minimum Gasteiger partial charge on any atom is -0.480 e. The molecule has 33 heteroatoms. The van der Waals surface area contributed by atoms with Gasteiger partial charge in [-0.15, -0.1) is 0 Å². The van der Waals surface area contributed by atoms with E-state index in [0.717, 1.165) is 0 Å². The zero-order valence-corrected chi connectivity index (χ0v) is 45.6. The van der Waals surface area contributed by atoms with Gasteiger partial charge in [0.15, 0.2) is 0 Å². The Morgan fingerprint density at radius 2 is 0.727 bits per heavy atom. The number of hydrogen-bond donors (Lipinski definition) is 19. The molecule has 22 N–H and O–H groups in total. The van der Waals surface area contributed by atoms with Crippen molar-refractivity contribution in [1.29, 1.82) is 0 Å². The van der Waals surface area contributed by atoms with Crippen molar-refractivity contribution in [2.45, 2.75) is 151 Å². The normalized spacial score (nSPS) is 14.1. The van der Waals surface area contributed by atoms with Crippen molar-refractivity contribution >= 4 is 115 Å². The van der Waals surface area contributed by atoms with Gasteiger partial charge in [0, 0.05) is 43.1 Å². The molecule has 9 atom stereocenters. The van der Waals surface area contributed by atoms with E-state index < -0.39 is 126 Å². The van der Waals surface area contributed by atoms with Gasteiger partial charge in [-0.2, -0.15) is 37.0 Å². The van der Waals surface area contributed by atoms with Crippen LogP contribution < -0.4 is 60.6 Å². The van der Waals surface area contributed by atoms with E-state index in [1.54, 1.807) is 6.26 Å². The average Bonchev–Trinajstić information content (AvgIpc) is 3.37. The van der Waals surface area contributed by atoms with Crippen molar-refractivity contribution in [3.05, 3.63) is 0 Å². The molecule has 442 valence electrons. The van der Waals surface area contributed by atoms with Gasteiger partial charge < -0.3 is 96.2 Å². The van der Waals surface area contributed by atoms with Crippen LogP contribution in [0.5, 0.6) is 0 Å². The van der Waals surface area contributed by atoms with E-state index in [0.29, 0.717) is 58.2 Å². The molecule has 0 aliphatic carbocycles. The Kier molecular flexibility index (Phi) is 44.3. The fourth-order valence-electron chi connectivity index (χ4n) is 5.91. The molecule has 0 radical (unpaired) electrons. The molecule has 0 bridgehead atoms. The summed E-state index contributed by atoms with van der Waals surface area (Å²) >= 11 is 9.26. The molecule has 0 aromatic heterocycles. The number of thioether (sulfide) groups is 1. The fourth-order valence-corrected chi connectivity index (χ4v) is 7.00. The molecular weight excluding hydrogens is 1080 g/mol. The molecular formula is C44H80N12O18S3. The number of amides is 6. The lowest BCUT2D eigenvalue weighted by Gasteiger charge is -2.21. The van der Waals surface area contributed by atoms with E-state index in [4.69, 9.17) is 49.1 Å². The third-order valence-corrected chi connectivity index (χ3v) is 11.8. The van der Waals surface area contributed by atoms with Crippen LogP contribution >= 0.6 is 37.0 Å². The number of unbranched alkanes of at least 4 members (excludes halogenated alkanes) is 3. The fraction of sp³-hybridized carbons (Fsp3) is 0.705. The second-order valence-electron chi connectivity index (χ2n) is 16.8. The SMILES string of the molecule is C=NCCCCC(NC(=O)C(CS)NC(=O)CCC(N)C(=O)O)C(=O)O.CSCC(NC(=O)CCC(N)C(=O)O)C(=O)NC(CCCCN)C(=O)O.NCCCCC(NC(=O)C(CS)NC(=O)CCC(N)C(=O)O)C(=O)O. The van der Waals surface area contributed by atoms with Crippen LogP contribution in [0.25, 0.3) is 0 Å². The van der Waals surface area contributed by atoms with Crippen LogP contribution in [0.3, 0.4) is 0 Å². The smallest absolute Gasteiger partial charge is 0.326 e. The average molecular weight is 1160 g/mol. The van der Waals surface area contributed by atoms with E-state index in [1.165, 1.54) is 11.8 Å². The Balaban J connectivity index is -0.00000107. The Bertz CT molecular complexity index is 1900. The number of aliphatic imine (C=N–C) groups is 1. The highest BCUT2D eigenvalue weighted by molar-refractivity contribution is 7.98. The first kappa shape index (κ1) is 75.4. The van der Waals surface area contributed by atoms with E-state index in [2.05, 4.69) is 68.9 Å². The molecule has 0 fully saturated rings. The van der Waals surface area contributed by atoms with Crippen LogP contribution in [0, 0.1) is 0 Å². The summed E-state index contributed by atoms with van der Waals surface area (Å²) in [7, 11) is 0. The van der Waals surface area contributed by atoms with Gasteiger partial charge in [0.2, 0.25) is 35.4 Å². The minimum absolute atomic E-state index is 0.0440. The molecule has 0 aromatic rings. The number of carbonyl (C=O) groups is 12.